The maximum Gasteiger partial charge on any atom is 0.338 e. The van der Waals surface area contributed by atoms with E-state index in [0.717, 1.165) is 0 Å². The first kappa shape index (κ1) is 13.7. The predicted octanol–water partition coefficient (Wildman–Crippen LogP) is 1.72. The average Bonchev–Trinajstić information content (AvgIpc) is 2.53. The SMILES string of the molecule is COC(=O)c1ccnc(-c2cnccc2C(=O)OC)c1. The second-order valence-corrected chi connectivity index (χ2v) is 3.83. The van der Waals surface area contributed by atoms with Gasteiger partial charge in [-0.2, -0.15) is 0 Å². The minimum absolute atomic E-state index is 0.331. The van der Waals surface area contributed by atoms with Crippen LogP contribution in [0.1, 0.15) is 20.7 Å². The van der Waals surface area contributed by atoms with Crippen molar-refractivity contribution in [1.29, 1.82) is 0 Å². The van der Waals surface area contributed by atoms with E-state index < -0.39 is 11.9 Å². The van der Waals surface area contributed by atoms with Crippen LogP contribution in [0.4, 0.5) is 0 Å². The van der Waals surface area contributed by atoms with Crippen molar-refractivity contribution in [3.05, 3.63) is 47.9 Å². The number of rotatable bonds is 3. The van der Waals surface area contributed by atoms with Gasteiger partial charge in [0.25, 0.3) is 0 Å². The molecule has 0 unspecified atom stereocenters. The molecule has 0 fully saturated rings. The fourth-order valence-electron chi connectivity index (χ4n) is 1.71. The lowest BCUT2D eigenvalue weighted by atomic mass is 10.1. The second kappa shape index (κ2) is 5.92. The van der Waals surface area contributed by atoms with Gasteiger partial charge in [-0.1, -0.05) is 0 Å². The van der Waals surface area contributed by atoms with Gasteiger partial charge in [0.05, 0.1) is 31.0 Å². The number of hydrogen-bond donors (Lipinski definition) is 0. The summed E-state index contributed by atoms with van der Waals surface area (Å²) >= 11 is 0. The van der Waals surface area contributed by atoms with E-state index in [1.165, 1.54) is 51.0 Å². The molecule has 0 aliphatic heterocycles. The van der Waals surface area contributed by atoms with E-state index in [4.69, 9.17) is 4.74 Å². The molecule has 6 heteroatoms. The highest BCUT2D eigenvalue weighted by molar-refractivity contribution is 5.97. The summed E-state index contributed by atoms with van der Waals surface area (Å²) in [5, 5.41) is 0. The summed E-state index contributed by atoms with van der Waals surface area (Å²) < 4.78 is 9.36. The minimum Gasteiger partial charge on any atom is -0.465 e. The molecule has 0 N–H and O–H groups in total. The molecule has 0 saturated heterocycles. The standard InChI is InChI=1S/C14H12N2O4/c1-19-13(17)9-3-6-16-12(7-9)11-8-15-5-4-10(11)14(18)20-2/h3-8H,1-2H3. The largest absolute Gasteiger partial charge is 0.465 e. The maximum absolute atomic E-state index is 11.7. The van der Waals surface area contributed by atoms with Crippen LogP contribution in [0.2, 0.25) is 0 Å². The van der Waals surface area contributed by atoms with Crippen molar-refractivity contribution >= 4 is 11.9 Å². The Hall–Kier alpha value is -2.76. The molecular formula is C14H12N2O4. The Morgan fingerprint density at radius 2 is 1.80 bits per heavy atom. The molecule has 0 aliphatic rings. The highest BCUT2D eigenvalue weighted by atomic mass is 16.5. The molecule has 0 aliphatic carbocycles. The van der Waals surface area contributed by atoms with Crippen molar-refractivity contribution in [3.8, 4) is 11.3 Å². The number of pyridine rings is 2. The van der Waals surface area contributed by atoms with Gasteiger partial charge in [0, 0.05) is 24.2 Å². The Morgan fingerprint density at radius 1 is 1.05 bits per heavy atom. The average molecular weight is 272 g/mol. The van der Waals surface area contributed by atoms with Crippen LogP contribution in [0.25, 0.3) is 11.3 Å². The van der Waals surface area contributed by atoms with Crippen LogP contribution in [0.5, 0.6) is 0 Å². The molecule has 2 heterocycles. The van der Waals surface area contributed by atoms with Gasteiger partial charge in [-0.05, 0) is 18.2 Å². The molecular weight excluding hydrogens is 260 g/mol. The van der Waals surface area contributed by atoms with Crippen LogP contribution in [-0.2, 0) is 9.47 Å². The van der Waals surface area contributed by atoms with Crippen LogP contribution in [0.15, 0.2) is 36.8 Å². The van der Waals surface area contributed by atoms with Crippen LogP contribution in [0.3, 0.4) is 0 Å². The summed E-state index contributed by atoms with van der Waals surface area (Å²) in [6, 6.07) is 4.60. The Balaban J connectivity index is 2.52. The molecule has 2 aromatic heterocycles. The lowest BCUT2D eigenvalue weighted by Gasteiger charge is -2.07. The molecule has 0 saturated carbocycles. The Morgan fingerprint density at radius 3 is 2.50 bits per heavy atom. The van der Waals surface area contributed by atoms with E-state index in [1.54, 1.807) is 0 Å². The third-order valence-electron chi connectivity index (χ3n) is 2.68. The number of carbonyl (C=O) groups excluding carboxylic acids is 2. The summed E-state index contributed by atoms with van der Waals surface area (Å²) in [5.74, 6) is -0.968. The van der Waals surface area contributed by atoms with E-state index in [2.05, 4.69) is 14.7 Å². The molecule has 0 spiro atoms. The predicted molar refractivity (Wildman–Crippen MR) is 70.1 cm³/mol. The molecule has 2 aromatic rings. The number of ether oxygens (including phenoxy) is 2. The summed E-state index contributed by atoms with van der Waals surface area (Å²) in [5.41, 5.74) is 1.61. The number of carbonyl (C=O) groups is 2. The minimum atomic E-state index is -0.493. The van der Waals surface area contributed by atoms with E-state index in [-0.39, 0.29) is 0 Å². The second-order valence-electron chi connectivity index (χ2n) is 3.83. The van der Waals surface area contributed by atoms with Crippen molar-refractivity contribution in [2.45, 2.75) is 0 Å². The molecule has 0 amide bonds. The van der Waals surface area contributed by atoms with E-state index in [9.17, 15) is 9.59 Å². The monoisotopic (exact) mass is 272 g/mol. The zero-order chi connectivity index (χ0) is 14.5. The van der Waals surface area contributed by atoms with Gasteiger partial charge in [0.2, 0.25) is 0 Å². The van der Waals surface area contributed by atoms with E-state index in [0.29, 0.717) is 22.4 Å². The van der Waals surface area contributed by atoms with Crippen LogP contribution >= 0.6 is 0 Å². The normalized spacial score (nSPS) is 9.90. The smallest absolute Gasteiger partial charge is 0.338 e. The van der Waals surface area contributed by atoms with Gasteiger partial charge in [0.1, 0.15) is 0 Å². The van der Waals surface area contributed by atoms with Gasteiger partial charge in [0.15, 0.2) is 0 Å². The fraction of sp³-hybridized carbons (Fsp3) is 0.143. The summed E-state index contributed by atoms with van der Waals surface area (Å²) in [7, 11) is 2.59. The Labute approximate surface area is 115 Å². The van der Waals surface area contributed by atoms with Crippen LogP contribution < -0.4 is 0 Å². The van der Waals surface area contributed by atoms with E-state index in [1.807, 2.05) is 0 Å². The van der Waals surface area contributed by atoms with Gasteiger partial charge in [-0.3, -0.25) is 9.97 Å². The number of hydrogen-bond acceptors (Lipinski definition) is 6. The maximum atomic E-state index is 11.7. The topological polar surface area (TPSA) is 78.4 Å². The van der Waals surface area contributed by atoms with Gasteiger partial charge < -0.3 is 9.47 Å². The van der Waals surface area contributed by atoms with E-state index >= 15 is 0 Å². The third-order valence-corrected chi connectivity index (χ3v) is 2.68. The third kappa shape index (κ3) is 2.64. The summed E-state index contributed by atoms with van der Waals surface area (Å²) in [6.45, 7) is 0. The van der Waals surface area contributed by atoms with Gasteiger partial charge in [-0.15, -0.1) is 0 Å². The van der Waals surface area contributed by atoms with Crippen molar-refractivity contribution in [1.82, 2.24) is 9.97 Å². The van der Waals surface area contributed by atoms with Crippen molar-refractivity contribution in [2.75, 3.05) is 14.2 Å². The molecule has 102 valence electrons. The first-order chi connectivity index (χ1) is 9.67. The molecule has 2 rings (SSSR count). The number of nitrogens with zero attached hydrogens (tertiary/aromatic N) is 2. The highest BCUT2D eigenvalue weighted by Gasteiger charge is 2.15. The van der Waals surface area contributed by atoms with Crippen LogP contribution in [-0.4, -0.2) is 36.1 Å². The Kier molecular flexibility index (Phi) is 4.05. The molecule has 0 radical (unpaired) electrons. The first-order valence-corrected chi connectivity index (χ1v) is 5.74. The molecule has 0 aromatic carbocycles. The Bertz CT molecular complexity index is 655. The summed E-state index contributed by atoms with van der Waals surface area (Å²) in [4.78, 5) is 31.3. The summed E-state index contributed by atoms with van der Waals surface area (Å²) in [6.07, 6.45) is 4.45. The molecule has 0 atom stereocenters. The van der Waals surface area contributed by atoms with Gasteiger partial charge >= 0.3 is 11.9 Å². The number of esters is 2. The van der Waals surface area contributed by atoms with Crippen LogP contribution in [0, 0.1) is 0 Å². The lowest BCUT2D eigenvalue weighted by molar-refractivity contribution is 0.0593. The zero-order valence-corrected chi connectivity index (χ0v) is 11.0. The highest BCUT2D eigenvalue weighted by Crippen LogP contribution is 2.22. The number of aromatic nitrogens is 2. The van der Waals surface area contributed by atoms with Crippen molar-refractivity contribution in [2.24, 2.45) is 0 Å². The zero-order valence-electron chi connectivity index (χ0n) is 11.0. The van der Waals surface area contributed by atoms with Gasteiger partial charge in [-0.25, -0.2) is 9.59 Å². The van der Waals surface area contributed by atoms with Crippen molar-refractivity contribution < 1.29 is 19.1 Å². The lowest BCUT2D eigenvalue weighted by Crippen LogP contribution is -2.06. The van der Waals surface area contributed by atoms with Crippen molar-refractivity contribution in [3.63, 3.8) is 0 Å². The molecule has 6 nitrogen and oxygen atoms in total. The number of methoxy groups -OCH3 is 2. The quantitative estimate of drug-likeness (QED) is 0.791. The first-order valence-electron chi connectivity index (χ1n) is 5.74. The fourth-order valence-corrected chi connectivity index (χ4v) is 1.71. The molecule has 20 heavy (non-hydrogen) atoms. The molecule has 0 bridgehead atoms.